The zero-order valence-electron chi connectivity index (χ0n) is 18.0. The minimum Gasteiger partial charge on any atom is -0.366 e. The summed E-state index contributed by atoms with van der Waals surface area (Å²) in [5, 5.41) is 0.797. The third kappa shape index (κ3) is 4.55. The molecule has 2 heterocycles. The molecule has 1 saturated heterocycles. The van der Waals surface area contributed by atoms with Gasteiger partial charge in [0, 0.05) is 38.3 Å². The summed E-state index contributed by atoms with van der Waals surface area (Å²) >= 11 is 1.43. The molecule has 0 spiro atoms. The third-order valence-electron chi connectivity index (χ3n) is 5.58. The number of thioether (sulfide) groups is 1. The predicted molar refractivity (Wildman–Crippen MR) is 126 cm³/mol. The number of rotatable bonds is 7. The van der Waals surface area contributed by atoms with Gasteiger partial charge in [0.25, 0.3) is 0 Å². The number of aromatic nitrogens is 2. The Bertz CT molecular complexity index is 1170. The van der Waals surface area contributed by atoms with Gasteiger partial charge in [0.05, 0.1) is 22.5 Å². The molecule has 1 fully saturated rings. The van der Waals surface area contributed by atoms with E-state index in [9.17, 15) is 14.0 Å². The maximum atomic E-state index is 14.5. The first-order valence-corrected chi connectivity index (χ1v) is 11.5. The fourth-order valence-electron chi connectivity index (χ4n) is 3.87. The molecule has 0 radical (unpaired) electrons. The second-order valence-corrected chi connectivity index (χ2v) is 8.60. The van der Waals surface area contributed by atoms with E-state index in [2.05, 4.69) is 16.1 Å². The van der Waals surface area contributed by atoms with Crippen LogP contribution >= 0.6 is 11.8 Å². The summed E-state index contributed by atoms with van der Waals surface area (Å²) in [6, 6.07) is 12.5. The number of fused-ring (bicyclic) bond motifs is 1. The molecule has 3 aromatic rings. The number of halogens is 1. The van der Waals surface area contributed by atoms with Crippen LogP contribution in [0.4, 0.5) is 10.1 Å². The molecule has 0 atom stereocenters. The maximum absolute atomic E-state index is 14.5. The molecule has 4 rings (SSSR count). The van der Waals surface area contributed by atoms with Crippen molar-refractivity contribution >= 4 is 40.2 Å². The number of imidazole rings is 1. The number of amides is 1. The van der Waals surface area contributed by atoms with E-state index in [1.54, 1.807) is 12.1 Å². The van der Waals surface area contributed by atoms with Crippen LogP contribution in [0.5, 0.6) is 0 Å². The topological polar surface area (TPSA) is 58.4 Å². The van der Waals surface area contributed by atoms with Crippen molar-refractivity contribution in [1.29, 1.82) is 0 Å². The van der Waals surface area contributed by atoms with Crippen molar-refractivity contribution in [3.05, 3.63) is 66.5 Å². The lowest BCUT2D eigenvalue weighted by Crippen LogP contribution is -2.49. The molecular weight excluding hydrogens is 427 g/mol. The van der Waals surface area contributed by atoms with Gasteiger partial charge in [-0.1, -0.05) is 30.0 Å². The molecular formula is C24H25FN4O2S. The molecule has 0 aliphatic carbocycles. The highest BCUT2D eigenvalue weighted by Crippen LogP contribution is 2.26. The normalized spacial score (nSPS) is 14.1. The summed E-state index contributed by atoms with van der Waals surface area (Å²) < 4.78 is 16.5. The van der Waals surface area contributed by atoms with Crippen molar-refractivity contribution in [1.82, 2.24) is 14.5 Å². The number of ketones is 1. The number of anilines is 1. The molecule has 166 valence electrons. The molecule has 0 bridgehead atoms. The zero-order chi connectivity index (χ0) is 22.7. The van der Waals surface area contributed by atoms with Crippen LogP contribution in [0.2, 0.25) is 0 Å². The molecule has 0 unspecified atom stereocenters. The Kier molecular flexibility index (Phi) is 6.60. The van der Waals surface area contributed by atoms with Gasteiger partial charge in [-0.25, -0.2) is 9.37 Å². The van der Waals surface area contributed by atoms with Gasteiger partial charge in [-0.15, -0.1) is 6.58 Å². The molecule has 8 heteroatoms. The molecule has 32 heavy (non-hydrogen) atoms. The second kappa shape index (κ2) is 9.56. The minimum atomic E-state index is -0.408. The Labute approximate surface area is 190 Å². The van der Waals surface area contributed by atoms with Crippen molar-refractivity contribution in [2.24, 2.45) is 0 Å². The summed E-state index contributed by atoms with van der Waals surface area (Å²) in [4.78, 5) is 32.6. The van der Waals surface area contributed by atoms with Crippen LogP contribution in [0.25, 0.3) is 11.0 Å². The summed E-state index contributed by atoms with van der Waals surface area (Å²) in [6.07, 6.45) is 1.82. The standard InChI is InChI=1S/C24H25FN4O2S/c1-3-10-29-22-7-5-4-6-20(22)26-24(29)32-16-23(31)28-13-11-27(12-14-28)21-9-8-18(17(2)30)15-19(21)25/h3-9,15H,1,10-14,16H2,2H3. The van der Waals surface area contributed by atoms with Crippen LogP contribution < -0.4 is 4.90 Å². The minimum absolute atomic E-state index is 0.0410. The van der Waals surface area contributed by atoms with Gasteiger partial charge >= 0.3 is 0 Å². The van der Waals surface area contributed by atoms with E-state index in [0.29, 0.717) is 49.7 Å². The molecule has 0 N–H and O–H groups in total. The number of para-hydroxylation sites is 2. The van der Waals surface area contributed by atoms with Crippen LogP contribution in [-0.4, -0.2) is 58.1 Å². The van der Waals surface area contributed by atoms with Crippen LogP contribution in [-0.2, 0) is 11.3 Å². The van der Waals surface area contributed by atoms with Gasteiger partial charge in [-0.05, 0) is 37.3 Å². The van der Waals surface area contributed by atoms with Crippen molar-refractivity contribution in [3.63, 3.8) is 0 Å². The smallest absolute Gasteiger partial charge is 0.233 e. The molecule has 0 saturated carbocycles. The summed E-state index contributed by atoms with van der Waals surface area (Å²) in [5.74, 6) is -0.235. The Morgan fingerprint density at radius 3 is 2.59 bits per heavy atom. The van der Waals surface area contributed by atoms with E-state index in [4.69, 9.17) is 0 Å². The highest BCUT2D eigenvalue weighted by Gasteiger charge is 2.24. The van der Waals surface area contributed by atoms with Gasteiger partial charge < -0.3 is 14.4 Å². The number of hydrogen-bond acceptors (Lipinski definition) is 5. The van der Waals surface area contributed by atoms with E-state index in [0.717, 1.165) is 16.2 Å². The Morgan fingerprint density at radius 1 is 1.16 bits per heavy atom. The Balaban J connectivity index is 1.36. The lowest BCUT2D eigenvalue weighted by Gasteiger charge is -2.36. The fraction of sp³-hybridized carbons (Fsp3) is 0.292. The van der Waals surface area contributed by atoms with Gasteiger partial charge in [0.1, 0.15) is 5.82 Å². The first-order valence-electron chi connectivity index (χ1n) is 10.5. The van der Waals surface area contributed by atoms with Crippen molar-refractivity contribution in [2.45, 2.75) is 18.6 Å². The number of allylic oxidation sites excluding steroid dienone is 1. The van der Waals surface area contributed by atoms with Crippen LogP contribution in [0.1, 0.15) is 17.3 Å². The van der Waals surface area contributed by atoms with Crippen molar-refractivity contribution in [2.75, 3.05) is 36.8 Å². The van der Waals surface area contributed by atoms with Crippen LogP contribution in [0.15, 0.2) is 60.3 Å². The summed E-state index contributed by atoms with van der Waals surface area (Å²) in [6.45, 7) is 8.01. The highest BCUT2D eigenvalue weighted by atomic mass is 32.2. The highest BCUT2D eigenvalue weighted by molar-refractivity contribution is 7.99. The molecule has 1 aromatic heterocycles. The SMILES string of the molecule is C=CCn1c(SCC(=O)N2CCN(c3ccc(C(C)=O)cc3F)CC2)nc2ccccc21. The summed E-state index contributed by atoms with van der Waals surface area (Å²) in [7, 11) is 0. The number of carbonyl (C=O) groups is 2. The Morgan fingerprint density at radius 2 is 1.91 bits per heavy atom. The zero-order valence-corrected chi connectivity index (χ0v) is 18.8. The monoisotopic (exact) mass is 452 g/mol. The molecule has 6 nitrogen and oxygen atoms in total. The van der Waals surface area contributed by atoms with Crippen LogP contribution in [0.3, 0.4) is 0 Å². The van der Waals surface area contributed by atoms with Gasteiger partial charge in [0.2, 0.25) is 5.91 Å². The molecule has 1 amide bonds. The second-order valence-electron chi connectivity index (χ2n) is 7.66. The number of piperazine rings is 1. The van der Waals surface area contributed by atoms with E-state index in [1.165, 1.54) is 24.8 Å². The average Bonchev–Trinajstić information content (AvgIpc) is 3.15. The number of benzene rings is 2. The van der Waals surface area contributed by atoms with Gasteiger partial charge in [0.15, 0.2) is 10.9 Å². The van der Waals surface area contributed by atoms with Crippen LogP contribution in [0, 0.1) is 5.82 Å². The number of Topliss-reactive ketones (excluding diaryl/α,β-unsaturated/α-hetero) is 1. The van der Waals surface area contributed by atoms with E-state index in [-0.39, 0.29) is 11.7 Å². The van der Waals surface area contributed by atoms with Crippen molar-refractivity contribution < 1.29 is 14.0 Å². The Hall–Kier alpha value is -3.13. The lowest BCUT2D eigenvalue weighted by molar-refractivity contribution is -0.128. The van der Waals surface area contributed by atoms with E-state index in [1.807, 2.05) is 40.1 Å². The molecule has 1 aliphatic heterocycles. The largest absolute Gasteiger partial charge is 0.366 e. The van der Waals surface area contributed by atoms with E-state index < -0.39 is 5.82 Å². The third-order valence-corrected chi connectivity index (χ3v) is 6.54. The number of carbonyl (C=O) groups excluding carboxylic acids is 2. The predicted octanol–water partition coefficient (Wildman–Crippen LogP) is 4.00. The first-order chi connectivity index (χ1) is 15.5. The van der Waals surface area contributed by atoms with E-state index >= 15 is 0 Å². The van der Waals surface area contributed by atoms with Crippen molar-refractivity contribution in [3.8, 4) is 0 Å². The average molecular weight is 453 g/mol. The fourth-order valence-corrected chi connectivity index (χ4v) is 4.79. The molecule has 2 aromatic carbocycles. The number of hydrogen-bond donors (Lipinski definition) is 0. The molecule has 1 aliphatic rings. The van der Waals surface area contributed by atoms with Gasteiger partial charge in [-0.3, -0.25) is 9.59 Å². The first kappa shape index (κ1) is 22.1. The maximum Gasteiger partial charge on any atom is 0.233 e. The summed E-state index contributed by atoms with van der Waals surface area (Å²) in [5.41, 5.74) is 2.75. The lowest BCUT2D eigenvalue weighted by atomic mass is 10.1. The quantitative estimate of drug-likeness (QED) is 0.308. The van der Waals surface area contributed by atoms with Gasteiger partial charge in [-0.2, -0.15) is 0 Å². The number of nitrogens with zero attached hydrogens (tertiary/aromatic N) is 4.